The average Bonchev–Trinajstić information content (AvgIpc) is 3.10. The number of aromatic nitrogens is 4. The number of H-pyrrole nitrogens is 1. The molecule has 1 aliphatic heterocycles. The Morgan fingerprint density at radius 2 is 2.32 bits per heavy atom. The molecule has 22 heavy (non-hydrogen) atoms. The molecule has 3 rings (SSSR count). The molecule has 1 amide bonds. The van der Waals surface area contributed by atoms with Crippen LogP contribution in [-0.2, 0) is 24.4 Å². The number of aryl methyl sites for hydroxylation is 1. The Bertz CT molecular complexity index is 632. The van der Waals surface area contributed by atoms with Gasteiger partial charge in [-0.3, -0.25) is 4.79 Å². The number of carbonyl (C=O) groups is 1. The van der Waals surface area contributed by atoms with Crippen LogP contribution in [-0.4, -0.2) is 43.4 Å². The molecule has 1 N–H and O–H groups in total. The summed E-state index contributed by atoms with van der Waals surface area (Å²) in [7, 11) is 0. The molecule has 0 saturated heterocycles. The molecule has 7 nitrogen and oxygen atoms in total. The Kier molecular flexibility index (Phi) is 4.24. The molecule has 0 unspecified atom stereocenters. The fourth-order valence-corrected chi connectivity index (χ4v) is 2.56. The predicted molar refractivity (Wildman–Crippen MR) is 80.1 cm³/mol. The first-order chi connectivity index (χ1) is 10.6. The third-order valence-corrected chi connectivity index (χ3v) is 3.73. The van der Waals surface area contributed by atoms with Crippen molar-refractivity contribution in [1.82, 2.24) is 24.9 Å². The summed E-state index contributed by atoms with van der Waals surface area (Å²) in [6.07, 6.45) is 2.77. The van der Waals surface area contributed by atoms with Gasteiger partial charge in [-0.25, -0.2) is 4.68 Å². The molecule has 3 heterocycles. The lowest BCUT2D eigenvalue weighted by Gasteiger charge is -2.19. The summed E-state index contributed by atoms with van der Waals surface area (Å²) >= 11 is 0. The number of hydrogen-bond acceptors (Lipinski definition) is 4. The minimum absolute atomic E-state index is 0.00961. The van der Waals surface area contributed by atoms with Crippen LogP contribution in [0.5, 0.6) is 0 Å². The predicted octanol–water partition coefficient (Wildman–Crippen LogP) is 1.58. The normalized spacial score (nSPS) is 15.0. The molecule has 0 spiro atoms. The lowest BCUT2D eigenvalue weighted by molar-refractivity contribution is 0.0618. The topological polar surface area (TPSA) is 76.0 Å². The number of carbonyl (C=O) groups excluding carboxylic acids is 1. The monoisotopic (exact) mass is 303 g/mol. The number of rotatable bonds is 4. The molecule has 1 aliphatic rings. The fourth-order valence-electron chi connectivity index (χ4n) is 2.56. The second-order valence-corrected chi connectivity index (χ2v) is 5.73. The van der Waals surface area contributed by atoms with Crippen molar-refractivity contribution < 1.29 is 9.53 Å². The van der Waals surface area contributed by atoms with E-state index in [2.05, 4.69) is 15.3 Å². The van der Waals surface area contributed by atoms with Gasteiger partial charge in [-0.1, -0.05) is 5.21 Å². The van der Waals surface area contributed by atoms with Gasteiger partial charge in [0.1, 0.15) is 11.4 Å². The van der Waals surface area contributed by atoms with Crippen LogP contribution < -0.4 is 0 Å². The van der Waals surface area contributed by atoms with Crippen LogP contribution in [0.4, 0.5) is 0 Å². The summed E-state index contributed by atoms with van der Waals surface area (Å²) in [5, 5.41) is 8.40. The maximum atomic E-state index is 12.5. The van der Waals surface area contributed by atoms with Crippen molar-refractivity contribution in [1.29, 1.82) is 0 Å². The zero-order valence-electron chi connectivity index (χ0n) is 13.0. The molecular formula is C15H21N5O2. The molecule has 0 fully saturated rings. The maximum Gasteiger partial charge on any atom is 0.270 e. The molecule has 2 aromatic heterocycles. The minimum Gasteiger partial charge on any atom is -0.372 e. The van der Waals surface area contributed by atoms with Crippen LogP contribution in [0.3, 0.4) is 0 Å². The van der Waals surface area contributed by atoms with E-state index < -0.39 is 0 Å². The van der Waals surface area contributed by atoms with E-state index >= 15 is 0 Å². The van der Waals surface area contributed by atoms with Gasteiger partial charge < -0.3 is 14.6 Å². The molecule has 2 aromatic rings. The fraction of sp³-hybridized carbons (Fsp3) is 0.533. The highest BCUT2D eigenvalue weighted by Crippen LogP contribution is 2.17. The number of hydrogen-bond donors (Lipinski definition) is 1. The minimum atomic E-state index is 0.00961. The summed E-state index contributed by atoms with van der Waals surface area (Å²) in [5.74, 6) is 0.00961. The van der Waals surface area contributed by atoms with Gasteiger partial charge in [-0.2, -0.15) is 0 Å². The SMILES string of the molecule is CC(C)OCc1nnn2c1CN(C(=O)c1ccc[nH]1)CCC2. The molecule has 0 atom stereocenters. The van der Waals surface area contributed by atoms with Crippen LogP contribution >= 0.6 is 0 Å². The van der Waals surface area contributed by atoms with Crippen LogP contribution in [0.2, 0.25) is 0 Å². The highest BCUT2D eigenvalue weighted by Gasteiger charge is 2.24. The molecule has 118 valence electrons. The molecular weight excluding hydrogens is 282 g/mol. The quantitative estimate of drug-likeness (QED) is 0.930. The second kappa shape index (κ2) is 6.31. The number of nitrogens with one attached hydrogen (secondary N) is 1. The summed E-state index contributed by atoms with van der Waals surface area (Å²) < 4.78 is 7.53. The van der Waals surface area contributed by atoms with Gasteiger partial charge in [-0.05, 0) is 32.4 Å². The van der Waals surface area contributed by atoms with Gasteiger partial charge in [-0.15, -0.1) is 5.10 Å². The first kappa shape index (κ1) is 14.8. The van der Waals surface area contributed by atoms with Gasteiger partial charge >= 0.3 is 0 Å². The number of nitrogens with zero attached hydrogens (tertiary/aromatic N) is 4. The van der Waals surface area contributed by atoms with Gasteiger partial charge in [0.05, 0.1) is 24.9 Å². The highest BCUT2D eigenvalue weighted by atomic mass is 16.5. The Morgan fingerprint density at radius 3 is 3.05 bits per heavy atom. The molecule has 0 radical (unpaired) electrons. The molecule has 0 bridgehead atoms. The molecule has 0 saturated carbocycles. The van der Waals surface area contributed by atoms with Gasteiger partial charge in [0.25, 0.3) is 5.91 Å². The van der Waals surface area contributed by atoms with Crippen molar-refractivity contribution in [3.05, 3.63) is 35.4 Å². The standard InChI is InChI=1S/C15H21N5O2/c1-11(2)22-10-13-14-9-19(7-4-8-20(14)18-17-13)15(21)12-5-3-6-16-12/h3,5-6,11,16H,4,7-10H2,1-2H3. The maximum absolute atomic E-state index is 12.5. The summed E-state index contributed by atoms with van der Waals surface area (Å²) in [6, 6.07) is 3.63. The van der Waals surface area contributed by atoms with Crippen LogP contribution in [0.1, 0.15) is 42.1 Å². The largest absolute Gasteiger partial charge is 0.372 e. The van der Waals surface area contributed by atoms with E-state index in [0.717, 1.165) is 24.4 Å². The van der Waals surface area contributed by atoms with Crippen molar-refractivity contribution >= 4 is 5.91 Å². The number of fused-ring (bicyclic) bond motifs is 1. The average molecular weight is 303 g/mol. The van der Waals surface area contributed by atoms with E-state index in [1.54, 1.807) is 12.3 Å². The van der Waals surface area contributed by atoms with Crippen LogP contribution in [0.15, 0.2) is 18.3 Å². The van der Waals surface area contributed by atoms with Crippen LogP contribution in [0, 0.1) is 0 Å². The van der Waals surface area contributed by atoms with Crippen LogP contribution in [0.25, 0.3) is 0 Å². The van der Waals surface area contributed by atoms with Crippen molar-refractivity contribution in [3.8, 4) is 0 Å². The smallest absolute Gasteiger partial charge is 0.270 e. The Morgan fingerprint density at radius 1 is 1.45 bits per heavy atom. The first-order valence-corrected chi connectivity index (χ1v) is 7.60. The van der Waals surface area contributed by atoms with Crippen molar-refractivity contribution in [3.63, 3.8) is 0 Å². The van der Waals surface area contributed by atoms with Gasteiger partial charge in [0.15, 0.2) is 0 Å². The third-order valence-electron chi connectivity index (χ3n) is 3.73. The zero-order valence-corrected chi connectivity index (χ0v) is 13.0. The van der Waals surface area contributed by atoms with Crippen molar-refractivity contribution in [2.45, 2.75) is 46.1 Å². The molecule has 7 heteroatoms. The summed E-state index contributed by atoms with van der Waals surface area (Å²) in [6.45, 7) is 6.41. The van der Waals surface area contributed by atoms with Gasteiger partial charge in [0.2, 0.25) is 0 Å². The second-order valence-electron chi connectivity index (χ2n) is 5.73. The van der Waals surface area contributed by atoms with E-state index in [1.807, 2.05) is 29.5 Å². The highest BCUT2D eigenvalue weighted by molar-refractivity contribution is 5.92. The van der Waals surface area contributed by atoms with Crippen molar-refractivity contribution in [2.75, 3.05) is 6.54 Å². The number of ether oxygens (including phenoxy) is 1. The lowest BCUT2D eigenvalue weighted by Crippen LogP contribution is -2.31. The number of aromatic amines is 1. The Balaban J connectivity index is 1.79. The zero-order chi connectivity index (χ0) is 15.5. The van der Waals surface area contributed by atoms with E-state index in [0.29, 0.717) is 25.4 Å². The van der Waals surface area contributed by atoms with E-state index in [9.17, 15) is 4.79 Å². The summed E-state index contributed by atoms with van der Waals surface area (Å²) in [5.41, 5.74) is 2.40. The molecule has 0 aromatic carbocycles. The third kappa shape index (κ3) is 3.04. The van der Waals surface area contributed by atoms with E-state index in [-0.39, 0.29) is 12.0 Å². The summed E-state index contributed by atoms with van der Waals surface area (Å²) in [4.78, 5) is 17.3. The Labute approximate surface area is 129 Å². The van der Waals surface area contributed by atoms with Gasteiger partial charge in [0, 0.05) is 19.3 Å². The Hall–Kier alpha value is -2.15. The van der Waals surface area contributed by atoms with E-state index in [4.69, 9.17) is 4.74 Å². The lowest BCUT2D eigenvalue weighted by atomic mass is 10.2. The van der Waals surface area contributed by atoms with E-state index in [1.165, 1.54) is 0 Å². The molecule has 0 aliphatic carbocycles. The first-order valence-electron chi connectivity index (χ1n) is 7.60. The van der Waals surface area contributed by atoms with Crippen molar-refractivity contribution in [2.24, 2.45) is 0 Å². The number of amides is 1.